The first-order valence-corrected chi connectivity index (χ1v) is 10.8. The van der Waals surface area contributed by atoms with Crippen molar-refractivity contribution < 1.29 is 14.0 Å². The van der Waals surface area contributed by atoms with E-state index in [-0.39, 0.29) is 30.3 Å². The predicted molar refractivity (Wildman–Crippen MR) is 120 cm³/mol. The van der Waals surface area contributed by atoms with E-state index in [1.165, 1.54) is 17.0 Å². The van der Waals surface area contributed by atoms with Gasteiger partial charge in [0.05, 0.1) is 17.1 Å². The monoisotopic (exact) mass is 432 g/mol. The number of hydrogen-bond donors (Lipinski definition) is 0. The van der Waals surface area contributed by atoms with Gasteiger partial charge in [0.15, 0.2) is 0 Å². The van der Waals surface area contributed by atoms with Gasteiger partial charge in [-0.2, -0.15) is 0 Å². The highest BCUT2D eigenvalue weighted by Crippen LogP contribution is 2.42. The summed E-state index contributed by atoms with van der Waals surface area (Å²) in [6, 6.07) is 17.4. The minimum atomic E-state index is -0.427. The van der Waals surface area contributed by atoms with Crippen LogP contribution in [0.1, 0.15) is 30.1 Å². The molecule has 0 radical (unpaired) electrons. The molecule has 164 valence electrons. The Morgan fingerprint density at radius 2 is 1.66 bits per heavy atom. The van der Waals surface area contributed by atoms with Gasteiger partial charge in [-0.15, -0.1) is 0 Å². The molecule has 1 aliphatic carbocycles. The largest absolute Gasteiger partial charge is 0.331 e. The average Bonchev–Trinajstić information content (AvgIpc) is 3.52. The zero-order chi connectivity index (χ0) is 22.4. The van der Waals surface area contributed by atoms with Crippen LogP contribution in [0.5, 0.6) is 0 Å². The molecular formula is C25H25FN4O2. The van der Waals surface area contributed by atoms with Crippen LogP contribution in [0.15, 0.2) is 66.9 Å². The van der Waals surface area contributed by atoms with Crippen LogP contribution in [0.4, 0.5) is 14.9 Å². The van der Waals surface area contributed by atoms with Gasteiger partial charge in [-0.25, -0.2) is 9.18 Å². The Bertz CT molecular complexity index is 1170. The quantitative estimate of drug-likeness (QED) is 0.621. The molecule has 1 unspecified atom stereocenters. The van der Waals surface area contributed by atoms with Crippen molar-refractivity contribution in [2.75, 3.05) is 25.5 Å². The van der Waals surface area contributed by atoms with E-state index >= 15 is 0 Å². The lowest BCUT2D eigenvalue weighted by Crippen LogP contribution is -2.49. The number of benzene rings is 2. The highest BCUT2D eigenvalue weighted by molar-refractivity contribution is 6.00. The van der Waals surface area contributed by atoms with Crippen LogP contribution in [0, 0.1) is 5.82 Å². The van der Waals surface area contributed by atoms with Crippen molar-refractivity contribution in [3.63, 3.8) is 0 Å². The van der Waals surface area contributed by atoms with Crippen LogP contribution in [0.25, 0.3) is 5.69 Å². The van der Waals surface area contributed by atoms with E-state index in [4.69, 9.17) is 0 Å². The van der Waals surface area contributed by atoms with E-state index in [0.717, 1.165) is 35.5 Å². The smallest absolute Gasteiger partial charge is 0.320 e. The number of para-hydroxylation sites is 2. The maximum atomic E-state index is 13.8. The Hall–Kier alpha value is -3.61. The van der Waals surface area contributed by atoms with Crippen LogP contribution >= 0.6 is 0 Å². The molecule has 0 bridgehead atoms. The van der Waals surface area contributed by atoms with Gasteiger partial charge in [-0.3, -0.25) is 9.69 Å². The SMILES string of the molecule is CN(C)C(=O)N(CC(=O)N1c2ccccc2-n2cccc2C1c1ccc(F)cc1)C1CC1. The molecule has 0 N–H and O–H groups in total. The Balaban J connectivity index is 1.59. The molecule has 1 saturated carbocycles. The second kappa shape index (κ2) is 7.82. The molecule has 3 amide bonds. The lowest BCUT2D eigenvalue weighted by molar-refractivity contribution is -0.119. The number of halogens is 1. The normalized spacial score (nSPS) is 16.8. The number of fused-ring (bicyclic) bond motifs is 3. The topological polar surface area (TPSA) is 48.8 Å². The van der Waals surface area contributed by atoms with Crippen LogP contribution in [0.2, 0.25) is 0 Å². The highest BCUT2D eigenvalue weighted by Gasteiger charge is 2.40. The lowest BCUT2D eigenvalue weighted by Gasteiger charge is -2.39. The van der Waals surface area contributed by atoms with Crippen molar-refractivity contribution in [2.45, 2.75) is 24.9 Å². The predicted octanol–water partition coefficient (Wildman–Crippen LogP) is 4.20. The molecular weight excluding hydrogens is 407 g/mol. The minimum absolute atomic E-state index is 0.00554. The van der Waals surface area contributed by atoms with Gasteiger partial charge in [0, 0.05) is 26.3 Å². The summed E-state index contributed by atoms with van der Waals surface area (Å²) in [5.41, 5.74) is 3.39. The van der Waals surface area contributed by atoms with Gasteiger partial charge >= 0.3 is 6.03 Å². The molecule has 1 fully saturated rings. The third-order valence-corrected chi connectivity index (χ3v) is 6.10. The fourth-order valence-corrected chi connectivity index (χ4v) is 4.44. The molecule has 32 heavy (non-hydrogen) atoms. The molecule has 5 rings (SSSR count). The Labute approximate surface area is 186 Å². The molecule has 1 atom stereocenters. The first kappa shape index (κ1) is 20.3. The van der Waals surface area contributed by atoms with Gasteiger partial charge in [-0.05, 0) is 54.8 Å². The summed E-state index contributed by atoms with van der Waals surface area (Å²) in [4.78, 5) is 31.6. The molecule has 2 aliphatic rings. The zero-order valence-corrected chi connectivity index (χ0v) is 18.1. The molecule has 2 aromatic carbocycles. The zero-order valence-electron chi connectivity index (χ0n) is 18.1. The number of aromatic nitrogens is 1. The maximum Gasteiger partial charge on any atom is 0.320 e. The second-order valence-electron chi connectivity index (χ2n) is 8.55. The number of carbonyl (C=O) groups is 2. The number of nitrogens with zero attached hydrogens (tertiary/aromatic N) is 4. The molecule has 0 spiro atoms. The van der Waals surface area contributed by atoms with E-state index < -0.39 is 6.04 Å². The number of amides is 3. The molecule has 6 nitrogen and oxygen atoms in total. The fourth-order valence-electron chi connectivity index (χ4n) is 4.44. The third-order valence-electron chi connectivity index (χ3n) is 6.10. The highest BCUT2D eigenvalue weighted by atomic mass is 19.1. The average molecular weight is 432 g/mol. The van der Waals surface area contributed by atoms with Gasteiger partial charge in [0.25, 0.3) is 0 Å². The van der Waals surface area contributed by atoms with Crippen molar-refractivity contribution >= 4 is 17.6 Å². The van der Waals surface area contributed by atoms with Crippen molar-refractivity contribution in [2.24, 2.45) is 0 Å². The standard InChI is InChI=1S/C25H25FN4O2/c1-27(2)25(32)29(19-13-14-19)16-23(31)30-21-7-4-3-6-20(21)28-15-5-8-22(28)24(30)17-9-11-18(26)12-10-17/h3-12,15,19,24H,13-14,16H2,1-2H3. The molecule has 2 heterocycles. The van der Waals surface area contributed by atoms with Gasteiger partial charge in [-0.1, -0.05) is 24.3 Å². The molecule has 1 aliphatic heterocycles. The summed E-state index contributed by atoms with van der Waals surface area (Å²) < 4.78 is 15.7. The maximum absolute atomic E-state index is 13.8. The summed E-state index contributed by atoms with van der Waals surface area (Å²) >= 11 is 0. The van der Waals surface area contributed by atoms with Gasteiger partial charge in [0.2, 0.25) is 5.91 Å². The number of anilines is 1. The van der Waals surface area contributed by atoms with Crippen LogP contribution < -0.4 is 4.90 Å². The van der Waals surface area contributed by atoms with Crippen molar-refractivity contribution in [1.82, 2.24) is 14.4 Å². The van der Waals surface area contributed by atoms with Crippen LogP contribution in [-0.4, -0.2) is 53.0 Å². The summed E-state index contributed by atoms with van der Waals surface area (Å²) in [5, 5.41) is 0. The first-order chi connectivity index (χ1) is 15.5. The number of urea groups is 1. The summed E-state index contributed by atoms with van der Waals surface area (Å²) in [6.07, 6.45) is 3.79. The van der Waals surface area contributed by atoms with E-state index in [0.29, 0.717) is 0 Å². The Kier molecular flexibility index (Phi) is 4.96. The molecule has 1 aromatic heterocycles. The van der Waals surface area contributed by atoms with Crippen molar-refractivity contribution in [1.29, 1.82) is 0 Å². The summed E-state index contributed by atoms with van der Waals surface area (Å²) in [5.74, 6) is -0.490. The van der Waals surface area contributed by atoms with Crippen LogP contribution in [-0.2, 0) is 4.79 Å². The van der Waals surface area contributed by atoms with E-state index in [1.54, 1.807) is 36.0 Å². The second-order valence-corrected chi connectivity index (χ2v) is 8.55. The summed E-state index contributed by atoms with van der Waals surface area (Å²) in [7, 11) is 3.40. The Morgan fingerprint density at radius 1 is 0.969 bits per heavy atom. The lowest BCUT2D eigenvalue weighted by atomic mass is 9.97. The van der Waals surface area contributed by atoms with Crippen molar-refractivity contribution in [3.8, 4) is 5.69 Å². The van der Waals surface area contributed by atoms with Crippen molar-refractivity contribution in [3.05, 3.63) is 83.9 Å². The molecule has 0 saturated heterocycles. The van der Waals surface area contributed by atoms with E-state index in [9.17, 15) is 14.0 Å². The summed E-state index contributed by atoms with van der Waals surface area (Å²) in [6.45, 7) is -0.00554. The minimum Gasteiger partial charge on any atom is -0.331 e. The van der Waals surface area contributed by atoms with E-state index in [1.807, 2.05) is 42.6 Å². The first-order valence-electron chi connectivity index (χ1n) is 10.8. The molecule has 3 aromatic rings. The Morgan fingerprint density at radius 3 is 2.31 bits per heavy atom. The van der Waals surface area contributed by atoms with Gasteiger partial charge in [0.1, 0.15) is 18.4 Å². The number of carbonyl (C=O) groups excluding carboxylic acids is 2. The fraction of sp³-hybridized carbons (Fsp3) is 0.280. The number of hydrogen-bond acceptors (Lipinski definition) is 2. The third kappa shape index (κ3) is 3.43. The number of rotatable bonds is 4. The van der Waals surface area contributed by atoms with Gasteiger partial charge < -0.3 is 14.4 Å². The van der Waals surface area contributed by atoms with E-state index in [2.05, 4.69) is 4.57 Å². The van der Waals surface area contributed by atoms with Crippen LogP contribution in [0.3, 0.4) is 0 Å². The molecule has 7 heteroatoms.